The molecular weight excluding hydrogens is 358 g/mol. The van der Waals surface area contributed by atoms with Crippen LogP contribution in [-0.4, -0.2) is 40.9 Å². The van der Waals surface area contributed by atoms with Gasteiger partial charge in [-0.05, 0) is 63.3 Å². The van der Waals surface area contributed by atoms with Crippen molar-refractivity contribution in [1.82, 2.24) is 4.90 Å². The third-order valence-electron chi connectivity index (χ3n) is 4.96. The van der Waals surface area contributed by atoms with E-state index in [4.69, 9.17) is 4.74 Å². The molecule has 1 heterocycles. The fourth-order valence-corrected chi connectivity index (χ4v) is 4.23. The molecule has 1 spiro atoms. The normalized spacial score (nSPS) is 23.0. The quantitative estimate of drug-likeness (QED) is 0.746. The van der Waals surface area contributed by atoms with E-state index in [-0.39, 0.29) is 17.6 Å². The summed E-state index contributed by atoms with van der Waals surface area (Å²) in [4.78, 5) is 14.0. The summed E-state index contributed by atoms with van der Waals surface area (Å²) < 4.78 is 6.51. The van der Waals surface area contributed by atoms with Gasteiger partial charge in [0.05, 0.1) is 6.10 Å². The number of nitrogens with zero attached hydrogens (tertiary/aromatic N) is 1. The van der Waals surface area contributed by atoms with Crippen LogP contribution in [0.15, 0.2) is 22.7 Å². The lowest BCUT2D eigenvalue weighted by Crippen LogP contribution is -2.50. The Labute approximate surface area is 145 Å². The Morgan fingerprint density at radius 1 is 1.35 bits per heavy atom. The summed E-state index contributed by atoms with van der Waals surface area (Å²) >= 11 is 3.50. The van der Waals surface area contributed by atoms with Crippen LogP contribution >= 0.6 is 15.9 Å². The highest BCUT2D eigenvalue weighted by molar-refractivity contribution is 9.10. The van der Waals surface area contributed by atoms with Gasteiger partial charge in [-0.2, -0.15) is 0 Å². The number of ether oxygens (including phenoxy) is 1. The van der Waals surface area contributed by atoms with Crippen molar-refractivity contribution >= 4 is 22.0 Å². The van der Waals surface area contributed by atoms with Crippen molar-refractivity contribution in [3.8, 4) is 0 Å². The fourth-order valence-electron chi connectivity index (χ4n) is 3.82. The molecule has 1 fully saturated rings. The summed E-state index contributed by atoms with van der Waals surface area (Å²) in [6, 6.07) is 6.27. The number of fused-ring (bicyclic) bond motifs is 2. The van der Waals surface area contributed by atoms with Gasteiger partial charge in [-0.15, -0.1) is 0 Å². The van der Waals surface area contributed by atoms with Gasteiger partial charge in [0.15, 0.2) is 0 Å². The summed E-state index contributed by atoms with van der Waals surface area (Å²) in [6.45, 7) is 6.89. The molecule has 1 aliphatic carbocycles. The molecule has 2 aliphatic rings. The van der Waals surface area contributed by atoms with Crippen molar-refractivity contribution < 1.29 is 14.6 Å². The summed E-state index contributed by atoms with van der Waals surface area (Å²) in [5.74, 6) is 0. The molecule has 4 nitrogen and oxygen atoms in total. The van der Waals surface area contributed by atoms with Crippen LogP contribution in [0, 0.1) is 0 Å². The van der Waals surface area contributed by atoms with Gasteiger partial charge in [0.25, 0.3) is 0 Å². The van der Waals surface area contributed by atoms with E-state index in [9.17, 15) is 9.90 Å². The minimum Gasteiger partial charge on any atom is -0.444 e. The molecule has 1 amide bonds. The number of piperidine rings is 1. The number of hydrogen-bond acceptors (Lipinski definition) is 3. The first kappa shape index (κ1) is 16.8. The standard InChI is InChI=1S/C18H24BrNO3/c1-17(2,3)23-16(22)20-8-6-18(7-9-20)14-5-4-13(19)10-12(14)11-15(18)21/h4-5,10,15,21H,6-9,11H2,1-3H3. The Balaban J connectivity index is 1.75. The van der Waals surface area contributed by atoms with E-state index in [0.717, 1.165) is 17.3 Å². The molecule has 0 radical (unpaired) electrons. The molecule has 23 heavy (non-hydrogen) atoms. The summed E-state index contributed by atoms with van der Waals surface area (Å²) in [5.41, 5.74) is 1.78. The Hall–Kier alpha value is -1.07. The summed E-state index contributed by atoms with van der Waals surface area (Å²) in [6.07, 6.45) is 1.63. The van der Waals surface area contributed by atoms with Gasteiger partial charge in [-0.25, -0.2) is 4.79 Å². The van der Waals surface area contributed by atoms with Gasteiger partial charge in [-0.3, -0.25) is 0 Å². The zero-order valence-corrected chi connectivity index (χ0v) is 15.5. The van der Waals surface area contributed by atoms with E-state index < -0.39 is 5.60 Å². The van der Waals surface area contributed by atoms with Gasteiger partial charge in [0, 0.05) is 23.0 Å². The Morgan fingerprint density at radius 3 is 2.61 bits per heavy atom. The largest absolute Gasteiger partial charge is 0.444 e. The number of rotatable bonds is 0. The topological polar surface area (TPSA) is 49.8 Å². The number of aliphatic hydroxyl groups is 1. The predicted molar refractivity (Wildman–Crippen MR) is 92.6 cm³/mol. The van der Waals surface area contributed by atoms with Gasteiger partial charge < -0.3 is 14.7 Å². The van der Waals surface area contributed by atoms with E-state index in [0.29, 0.717) is 19.5 Å². The minimum absolute atomic E-state index is 0.214. The second kappa shape index (κ2) is 5.78. The van der Waals surface area contributed by atoms with Crippen molar-refractivity contribution in [3.05, 3.63) is 33.8 Å². The van der Waals surface area contributed by atoms with Crippen LogP contribution in [-0.2, 0) is 16.6 Å². The second-order valence-corrected chi connectivity index (χ2v) is 8.56. The molecule has 5 heteroatoms. The van der Waals surface area contributed by atoms with E-state index in [1.54, 1.807) is 4.90 Å². The molecule has 1 atom stereocenters. The molecule has 126 valence electrons. The molecule has 1 unspecified atom stereocenters. The van der Waals surface area contributed by atoms with Crippen LogP contribution in [0.25, 0.3) is 0 Å². The lowest BCUT2D eigenvalue weighted by molar-refractivity contribution is 0.00279. The maximum absolute atomic E-state index is 12.2. The molecule has 0 saturated carbocycles. The highest BCUT2D eigenvalue weighted by Gasteiger charge is 2.48. The van der Waals surface area contributed by atoms with Crippen molar-refractivity contribution in [2.24, 2.45) is 0 Å². The fraction of sp³-hybridized carbons (Fsp3) is 0.611. The molecule has 1 saturated heterocycles. The second-order valence-electron chi connectivity index (χ2n) is 7.64. The van der Waals surface area contributed by atoms with Crippen LogP contribution in [0.3, 0.4) is 0 Å². The first-order valence-corrected chi connectivity index (χ1v) is 8.95. The third kappa shape index (κ3) is 3.13. The summed E-state index contributed by atoms with van der Waals surface area (Å²) in [5, 5.41) is 10.7. The van der Waals surface area contributed by atoms with E-state index >= 15 is 0 Å². The number of amides is 1. The van der Waals surface area contributed by atoms with E-state index in [1.807, 2.05) is 26.8 Å². The highest BCUT2D eigenvalue weighted by Crippen LogP contribution is 2.47. The Bertz CT molecular complexity index is 615. The molecule has 0 bridgehead atoms. The molecule has 1 aromatic carbocycles. The van der Waals surface area contributed by atoms with Gasteiger partial charge in [0.1, 0.15) is 5.60 Å². The molecule has 3 rings (SSSR count). The van der Waals surface area contributed by atoms with Crippen LogP contribution in [0.5, 0.6) is 0 Å². The van der Waals surface area contributed by atoms with Crippen molar-refractivity contribution in [3.63, 3.8) is 0 Å². The lowest BCUT2D eigenvalue weighted by Gasteiger charge is -2.42. The number of carbonyl (C=O) groups excluding carboxylic acids is 1. The maximum Gasteiger partial charge on any atom is 0.410 e. The van der Waals surface area contributed by atoms with Crippen LogP contribution < -0.4 is 0 Å². The van der Waals surface area contributed by atoms with Gasteiger partial charge in [-0.1, -0.05) is 22.0 Å². The summed E-state index contributed by atoms with van der Waals surface area (Å²) in [7, 11) is 0. The van der Waals surface area contributed by atoms with Crippen molar-refractivity contribution in [2.75, 3.05) is 13.1 Å². The number of halogens is 1. The highest BCUT2D eigenvalue weighted by atomic mass is 79.9. The average Bonchev–Trinajstić information content (AvgIpc) is 2.70. The maximum atomic E-state index is 12.2. The van der Waals surface area contributed by atoms with Crippen LogP contribution in [0.1, 0.15) is 44.7 Å². The van der Waals surface area contributed by atoms with E-state index in [2.05, 4.69) is 28.1 Å². The first-order chi connectivity index (χ1) is 10.7. The number of benzene rings is 1. The number of likely N-dealkylation sites (tertiary alicyclic amines) is 1. The van der Waals surface area contributed by atoms with E-state index in [1.165, 1.54) is 11.1 Å². The zero-order chi connectivity index (χ0) is 16.8. The predicted octanol–water partition coefficient (Wildman–Crippen LogP) is 3.63. The van der Waals surface area contributed by atoms with Crippen LogP contribution in [0.4, 0.5) is 4.79 Å². The molecule has 1 aliphatic heterocycles. The third-order valence-corrected chi connectivity index (χ3v) is 5.46. The van der Waals surface area contributed by atoms with Crippen LogP contribution in [0.2, 0.25) is 0 Å². The number of hydrogen-bond donors (Lipinski definition) is 1. The number of carbonyl (C=O) groups is 1. The minimum atomic E-state index is -0.474. The zero-order valence-electron chi connectivity index (χ0n) is 13.9. The molecule has 0 aromatic heterocycles. The monoisotopic (exact) mass is 381 g/mol. The van der Waals surface area contributed by atoms with Crippen molar-refractivity contribution in [2.45, 2.75) is 57.2 Å². The molecule has 1 aromatic rings. The Morgan fingerprint density at radius 2 is 2.00 bits per heavy atom. The average molecular weight is 382 g/mol. The van der Waals surface area contributed by atoms with Gasteiger partial charge in [0.2, 0.25) is 0 Å². The molecule has 1 N–H and O–H groups in total. The van der Waals surface area contributed by atoms with Crippen molar-refractivity contribution in [1.29, 1.82) is 0 Å². The SMILES string of the molecule is CC(C)(C)OC(=O)N1CCC2(CC1)c1ccc(Br)cc1CC2O. The smallest absolute Gasteiger partial charge is 0.410 e. The number of aliphatic hydroxyl groups excluding tert-OH is 1. The molecular formula is C18H24BrNO3. The lowest BCUT2D eigenvalue weighted by atomic mass is 9.72. The van der Waals surface area contributed by atoms with Gasteiger partial charge >= 0.3 is 6.09 Å². The Kier molecular flexibility index (Phi) is 4.21. The first-order valence-electron chi connectivity index (χ1n) is 8.16.